The summed E-state index contributed by atoms with van der Waals surface area (Å²) >= 11 is 0. The van der Waals surface area contributed by atoms with Crippen molar-refractivity contribution < 1.29 is 0 Å². The maximum Gasteiger partial charge on any atom is 0.0269 e. The van der Waals surface area contributed by atoms with Crippen molar-refractivity contribution in [1.82, 2.24) is 10.6 Å². The van der Waals surface area contributed by atoms with Crippen molar-refractivity contribution in [2.75, 3.05) is 0 Å². The van der Waals surface area contributed by atoms with Gasteiger partial charge in [-0.15, -0.1) is 0 Å². The van der Waals surface area contributed by atoms with E-state index in [9.17, 15) is 0 Å². The van der Waals surface area contributed by atoms with Crippen molar-refractivity contribution in [1.29, 1.82) is 0 Å². The average molecular weight is 335 g/mol. The summed E-state index contributed by atoms with van der Waals surface area (Å²) < 4.78 is 0. The lowest BCUT2D eigenvalue weighted by molar-refractivity contribution is 0.567. The summed E-state index contributed by atoms with van der Waals surface area (Å²) in [6.07, 6.45) is 8.59. The molecule has 0 amide bonds. The van der Waals surface area contributed by atoms with Crippen LogP contribution >= 0.6 is 0 Å². The summed E-state index contributed by atoms with van der Waals surface area (Å²) in [5.74, 6) is 0.780. The fourth-order valence-electron chi connectivity index (χ4n) is 2.21. The first kappa shape index (κ1) is 24.8. The highest BCUT2D eigenvalue weighted by atomic mass is 14.9. The highest BCUT2D eigenvalue weighted by molar-refractivity contribution is 5.22. The summed E-state index contributed by atoms with van der Waals surface area (Å²) in [6.45, 7) is 26.9. The first-order chi connectivity index (χ1) is 11.1. The Morgan fingerprint density at radius 3 is 1.71 bits per heavy atom. The van der Waals surface area contributed by atoms with Gasteiger partial charge in [-0.2, -0.15) is 0 Å². The van der Waals surface area contributed by atoms with Crippen LogP contribution in [0.1, 0.15) is 74.1 Å². The summed E-state index contributed by atoms with van der Waals surface area (Å²) in [5, 5.41) is 6.57. The molecule has 0 rings (SSSR count). The van der Waals surface area contributed by atoms with E-state index in [0.717, 1.165) is 30.2 Å². The van der Waals surface area contributed by atoms with Crippen LogP contribution in [0, 0.1) is 5.92 Å². The minimum Gasteiger partial charge on any atom is -0.383 e. The Kier molecular flexibility index (Phi) is 15.6. The SMILES string of the molecule is C=C(/C=C/C(=C)NC(C)CCC)NC(C)C.C=C(CC)CC(C)C. The van der Waals surface area contributed by atoms with Crippen LogP contribution in [-0.4, -0.2) is 12.1 Å². The molecule has 2 nitrogen and oxygen atoms in total. The van der Waals surface area contributed by atoms with E-state index in [1.54, 1.807) is 0 Å². The average Bonchev–Trinajstić information content (AvgIpc) is 2.44. The Balaban J connectivity index is 0. The molecule has 0 aliphatic heterocycles. The van der Waals surface area contributed by atoms with Crippen LogP contribution in [0.4, 0.5) is 0 Å². The number of hydrogen-bond acceptors (Lipinski definition) is 2. The number of rotatable bonds is 11. The molecule has 0 bridgehead atoms. The summed E-state index contributed by atoms with van der Waals surface area (Å²) in [7, 11) is 0. The van der Waals surface area contributed by atoms with E-state index < -0.39 is 0 Å². The second-order valence-corrected chi connectivity index (χ2v) is 7.22. The Labute approximate surface area is 152 Å². The molecule has 0 aromatic carbocycles. The Hall–Kier alpha value is -1.44. The molecule has 0 spiro atoms. The van der Waals surface area contributed by atoms with Gasteiger partial charge in [0.15, 0.2) is 0 Å². The van der Waals surface area contributed by atoms with E-state index in [1.807, 2.05) is 12.2 Å². The normalized spacial score (nSPS) is 11.9. The molecule has 0 aromatic heterocycles. The molecule has 0 fully saturated rings. The molecule has 2 heteroatoms. The maximum absolute atomic E-state index is 3.96. The van der Waals surface area contributed by atoms with Gasteiger partial charge in [-0.3, -0.25) is 0 Å². The third-order valence-corrected chi connectivity index (χ3v) is 3.31. The van der Waals surface area contributed by atoms with E-state index >= 15 is 0 Å². The Morgan fingerprint density at radius 2 is 1.38 bits per heavy atom. The quantitative estimate of drug-likeness (QED) is 0.340. The number of hydrogen-bond donors (Lipinski definition) is 2. The van der Waals surface area contributed by atoms with Gasteiger partial charge >= 0.3 is 0 Å². The molecular formula is C22H42N2. The Morgan fingerprint density at radius 1 is 0.875 bits per heavy atom. The maximum atomic E-state index is 3.96. The predicted molar refractivity (Wildman–Crippen MR) is 112 cm³/mol. The molecule has 0 saturated carbocycles. The number of nitrogens with one attached hydrogen (secondary N) is 2. The molecule has 140 valence electrons. The third-order valence-electron chi connectivity index (χ3n) is 3.31. The van der Waals surface area contributed by atoms with Gasteiger partial charge in [0.2, 0.25) is 0 Å². The highest BCUT2D eigenvalue weighted by Crippen LogP contribution is 2.10. The van der Waals surface area contributed by atoms with Crippen molar-refractivity contribution in [2.24, 2.45) is 5.92 Å². The first-order valence-electron chi connectivity index (χ1n) is 9.37. The zero-order chi connectivity index (χ0) is 19.1. The van der Waals surface area contributed by atoms with Crippen LogP contribution in [0.5, 0.6) is 0 Å². The first-order valence-corrected chi connectivity index (χ1v) is 9.37. The predicted octanol–water partition coefficient (Wildman–Crippen LogP) is 6.34. The van der Waals surface area contributed by atoms with Crippen molar-refractivity contribution in [2.45, 2.75) is 86.2 Å². The van der Waals surface area contributed by atoms with Gasteiger partial charge in [0, 0.05) is 23.5 Å². The van der Waals surface area contributed by atoms with Crippen molar-refractivity contribution >= 4 is 0 Å². The van der Waals surface area contributed by atoms with Crippen LogP contribution in [-0.2, 0) is 0 Å². The largest absolute Gasteiger partial charge is 0.383 e. The van der Waals surface area contributed by atoms with E-state index in [4.69, 9.17) is 0 Å². The van der Waals surface area contributed by atoms with Gasteiger partial charge in [-0.05, 0) is 58.1 Å². The summed E-state index contributed by atoms with van der Waals surface area (Å²) in [4.78, 5) is 0. The highest BCUT2D eigenvalue weighted by Gasteiger charge is 1.99. The second kappa shape index (κ2) is 15.1. The summed E-state index contributed by atoms with van der Waals surface area (Å²) in [5.41, 5.74) is 3.23. The van der Waals surface area contributed by atoms with Crippen LogP contribution < -0.4 is 10.6 Å². The van der Waals surface area contributed by atoms with Gasteiger partial charge in [0.05, 0.1) is 0 Å². The molecular weight excluding hydrogens is 292 g/mol. The third kappa shape index (κ3) is 18.6. The second-order valence-electron chi connectivity index (χ2n) is 7.22. The zero-order valence-electron chi connectivity index (χ0n) is 17.3. The standard InChI is InChI=1S/C14H26N2.C8H16/c1-7-8-12(4)16-14(6)10-9-13(5)15-11(2)3;1-5-8(4)6-7(2)3/h9-12,15-16H,5-8H2,1-4H3;7H,4-6H2,1-3H3/b10-9+;. The lowest BCUT2D eigenvalue weighted by atomic mass is 10.0. The molecule has 0 saturated heterocycles. The fraction of sp³-hybridized carbons (Fsp3) is 0.636. The molecule has 1 unspecified atom stereocenters. The van der Waals surface area contributed by atoms with E-state index in [2.05, 4.69) is 78.8 Å². The molecule has 1 atom stereocenters. The lowest BCUT2D eigenvalue weighted by Crippen LogP contribution is -2.24. The molecule has 0 aliphatic rings. The van der Waals surface area contributed by atoms with Gasteiger partial charge < -0.3 is 10.6 Å². The van der Waals surface area contributed by atoms with Crippen LogP contribution in [0.2, 0.25) is 0 Å². The van der Waals surface area contributed by atoms with Crippen LogP contribution in [0.3, 0.4) is 0 Å². The zero-order valence-corrected chi connectivity index (χ0v) is 17.3. The van der Waals surface area contributed by atoms with Gasteiger partial charge in [0.1, 0.15) is 0 Å². The molecule has 0 heterocycles. The minimum absolute atomic E-state index is 0.414. The molecule has 0 aromatic rings. The topological polar surface area (TPSA) is 24.1 Å². The van der Waals surface area contributed by atoms with Gasteiger partial charge in [0.25, 0.3) is 0 Å². The summed E-state index contributed by atoms with van der Waals surface area (Å²) in [6, 6.07) is 0.894. The van der Waals surface area contributed by atoms with Crippen LogP contribution in [0.15, 0.2) is 48.9 Å². The monoisotopic (exact) mass is 334 g/mol. The van der Waals surface area contributed by atoms with E-state index in [0.29, 0.717) is 12.1 Å². The van der Waals surface area contributed by atoms with Gasteiger partial charge in [-0.1, -0.05) is 59.4 Å². The van der Waals surface area contributed by atoms with Crippen LogP contribution in [0.25, 0.3) is 0 Å². The molecule has 0 aliphatic carbocycles. The fourth-order valence-corrected chi connectivity index (χ4v) is 2.21. The lowest BCUT2D eigenvalue weighted by Gasteiger charge is -2.14. The Bertz CT molecular complexity index is 389. The molecule has 0 radical (unpaired) electrons. The van der Waals surface area contributed by atoms with Crippen molar-refractivity contribution in [3.05, 3.63) is 48.9 Å². The van der Waals surface area contributed by atoms with Crippen molar-refractivity contribution in [3.63, 3.8) is 0 Å². The number of allylic oxidation sites excluding steroid dienone is 3. The van der Waals surface area contributed by atoms with Crippen molar-refractivity contribution in [3.8, 4) is 0 Å². The van der Waals surface area contributed by atoms with E-state index in [-0.39, 0.29) is 0 Å². The van der Waals surface area contributed by atoms with Gasteiger partial charge in [-0.25, -0.2) is 0 Å². The molecule has 2 N–H and O–H groups in total. The smallest absolute Gasteiger partial charge is 0.0269 e. The minimum atomic E-state index is 0.414. The molecule has 24 heavy (non-hydrogen) atoms. The van der Waals surface area contributed by atoms with E-state index in [1.165, 1.54) is 18.4 Å².